The number of ether oxygens (including phenoxy) is 2. The molecule has 0 aliphatic carbocycles. The van der Waals surface area contributed by atoms with Gasteiger partial charge in [-0.1, -0.05) is 30.3 Å². The quantitative estimate of drug-likeness (QED) is 0.760. The Labute approximate surface area is 134 Å². The number of methoxy groups -OCH3 is 1. The van der Waals surface area contributed by atoms with Crippen LogP contribution in [0.25, 0.3) is 0 Å². The fraction of sp³-hybridized carbons (Fsp3) is 0.235. The van der Waals surface area contributed by atoms with E-state index in [0.717, 1.165) is 17.1 Å². The molecule has 0 saturated heterocycles. The van der Waals surface area contributed by atoms with Gasteiger partial charge in [-0.15, -0.1) is 11.8 Å². The van der Waals surface area contributed by atoms with E-state index in [1.54, 1.807) is 7.11 Å². The Morgan fingerprint density at radius 1 is 1.09 bits per heavy atom. The molecule has 1 amide bonds. The predicted octanol–water partition coefficient (Wildman–Crippen LogP) is 3.03. The Bertz CT molecular complexity index is 587. The molecule has 1 unspecified atom stereocenters. The SMILES string of the molecule is COc1ccc(OCCSC(C(N)=O)c2ccccc2)cc1. The maximum atomic E-state index is 11.6. The minimum Gasteiger partial charge on any atom is -0.497 e. The van der Waals surface area contributed by atoms with E-state index in [1.807, 2.05) is 54.6 Å². The Hall–Kier alpha value is -2.14. The van der Waals surface area contributed by atoms with Crippen molar-refractivity contribution in [3.8, 4) is 11.5 Å². The van der Waals surface area contributed by atoms with Gasteiger partial charge < -0.3 is 15.2 Å². The average molecular weight is 317 g/mol. The van der Waals surface area contributed by atoms with Gasteiger partial charge in [0.15, 0.2) is 0 Å². The van der Waals surface area contributed by atoms with Crippen molar-refractivity contribution in [3.63, 3.8) is 0 Å². The fourth-order valence-corrected chi connectivity index (χ4v) is 2.90. The number of hydrogen-bond acceptors (Lipinski definition) is 4. The maximum absolute atomic E-state index is 11.6. The van der Waals surface area contributed by atoms with Gasteiger partial charge in [-0.25, -0.2) is 0 Å². The zero-order valence-corrected chi connectivity index (χ0v) is 13.2. The van der Waals surface area contributed by atoms with Crippen molar-refractivity contribution in [2.75, 3.05) is 19.5 Å². The first kappa shape index (κ1) is 16.2. The number of rotatable bonds is 8. The summed E-state index contributed by atoms with van der Waals surface area (Å²) in [5, 5.41) is -0.347. The van der Waals surface area contributed by atoms with E-state index < -0.39 is 0 Å². The molecule has 22 heavy (non-hydrogen) atoms. The summed E-state index contributed by atoms with van der Waals surface area (Å²) in [6.07, 6.45) is 0. The van der Waals surface area contributed by atoms with E-state index in [0.29, 0.717) is 12.4 Å². The number of primary amides is 1. The Morgan fingerprint density at radius 2 is 1.73 bits per heavy atom. The summed E-state index contributed by atoms with van der Waals surface area (Å²) in [6, 6.07) is 16.9. The second-order valence-electron chi connectivity index (χ2n) is 4.59. The molecular formula is C17H19NO3S. The Balaban J connectivity index is 1.82. The zero-order valence-electron chi connectivity index (χ0n) is 12.4. The molecule has 0 heterocycles. The monoisotopic (exact) mass is 317 g/mol. The largest absolute Gasteiger partial charge is 0.497 e. The highest BCUT2D eigenvalue weighted by Gasteiger charge is 2.17. The normalized spacial score (nSPS) is 11.7. The molecule has 0 spiro atoms. The third kappa shape index (κ3) is 4.70. The van der Waals surface area contributed by atoms with Crippen molar-refractivity contribution in [1.82, 2.24) is 0 Å². The fourth-order valence-electron chi connectivity index (χ4n) is 1.97. The predicted molar refractivity (Wildman–Crippen MR) is 89.3 cm³/mol. The van der Waals surface area contributed by atoms with E-state index in [1.165, 1.54) is 11.8 Å². The highest BCUT2D eigenvalue weighted by atomic mass is 32.2. The van der Waals surface area contributed by atoms with E-state index in [9.17, 15) is 4.79 Å². The standard InChI is InChI=1S/C17H19NO3S/c1-20-14-7-9-15(10-8-14)21-11-12-22-16(17(18)19)13-5-3-2-4-6-13/h2-10,16H,11-12H2,1H3,(H2,18,19). The van der Waals surface area contributed by atoms with Crippen molar-refractivity contribution in [2.45, 2.75) is 5.25 Å². The molecule has 2 rings (SSSR count). The summed E-state index contributed by atoms with van der Waals surface area (Å²) in [7, 11) is 1.63. The van der Waals surface area contributed by atoms with Crippen molar-refractivity contribution in [2.24, 2.45) is 5.73 Å². The summed E-state index contributed by atoms with van der Waals surface area (Å²) >= 11 is 1.49. The van der Waals surface area contributed by atoms with Crippen molar-refractivity contribution < 1.29 is 14.3 Å². The number of benzene rings is 2. The van der Waals surface area contributed by atoms with Crippen LogP contribution in [0.5, 0.6) is 11.5 Å². The second kappa shape index (κ2) is 8.34. The Morgan fingerprint density at radius 3 is 2.32 bits per heavy atom. The van der Waals surface area contributed by atoms with Crippen molar-refractivity contribution in [1.29, 1.82) is 0 Å². The molecule has 0 saturated carbocycles. The molecule has 5 heteroatoms. The lowest BCUT2D eigenvalue weighted by molar-refractivity contribution is -0.117. The van der Waals surface area contributed by atoms with Crippen LogP contribution < -0.4 is 15.2 Å². The lowest BCUT2D eigenvalue weighted by Gasteiger charge is -2.14. The third-order valence-electron chi connectivity index (χ3n) is 3.06. The van der Waals surface area contributed by atoms with Gasteiger partial charge >= 0.3 is 0 Å². The highest BCUT2D eigenvalue weighted by Crippen LogP contribution is 2.28. The summed E-state index contributed by atoms with van der Waals surface area (Å²) in [4.78, 5) is 11.6. The van der Waals surface area contributed by atoms with Gasteiger partial charge in [-0.3, -0.25) is 4.79 Å². The molecule has 0 aliphatic heterocycles. The number of amides is 1. The van der Waals surface area contributed by atoms with E-state index in [4.69, 9.17) is 15.2 Å². The number of thioether (sulfide) groups is 1. The van der Waals surface area contributed by atoms with Crippen LogP contribution in [0.15, 0.2) is 54.6 Å². The van der Waals surface area contributed by atoms with Crippen LogP contribution in [-0.4, -0.2) is 25.4 Å². The minimum atomic E-state index is -0.347. The van der Waals surface area contributed by atoms with Crippen LogP contribution in [0.4, 0.5) is 0 Å². The lowest BCUT2D eigenvalue weighted by Crippen LogP contribution is -2.20. The van der Waals surface area contributed by atoms with Crippen molar-refractivity contribution >= 4 is 17.7 Å². The first-order valence-electron chi connectivity index (χ1n) is 6.93. The number of hydrogen-bond donors (Lipinski definition) is 1. The molecular weight excluding hydrogens is 298 g/mol. The van der Waals surface area contributed by atoms with Gasteiger partial charge in [0.1, 0.15) is 16.7 Å². The summed E-state index contributed by atoms with van der Waals surface area (Å²) in [5.41, 5.74) is 6.40. The zero-order chi connectivity index (χ0) is 15.8. The van der Waals surface area contributed by atoms with E-state index >= 15 is 0 Å². The number of carbonyl (C=O) groups excluding carboxylic acids is 1. The molecule has 0 bridgehead atoms. The Kier molecular flexibility index (Phi) is 6.15. The molecule has 0 aliphatic rings. The van der Waals surface area contributed by atoms with Gasteiger partial charge in [0.05, 0.1) is 13.7 Å². The second-order valence-corrected chi connectivity index (χ2v) is 5.80. The third-order valence-corrected chi connectivity index (χ3v) is 4.30. The summed E-state index contributed by atoms with van der Waals surface area (Å²) in [6.45, 7) is 0.508. The lowest BCUT2D eigenvalue weighted by atomic mass is 10.1. The van der Waals surface area contributed by atoms with E-state index in [2.05, 4.69) is 0 Å². The van der Waals surface area contributed by atoms with Gasteiger partial charge in [0.2, 0.25) is 5.91 Å². The average Bonchev–Trinajstić information content (AvgIpc) is 2.56. The molecule has 0 radical (unpaired) electrons. The highest BCUT2D eigenvalue weighted by molar-refractivity contribution is 8.00. The topological polar surface area (TPSA) is 61.6 Å². The van der Waals surface area contributed by atoms with Crippen LogP contribution in [0.3, 0.4) is 0 Å². The van der Waals surface area contributed by atoms with Crippen LogP contribution >= 0.6 is 11.8 Å². The molecule has 116 valence electrons. The summed E-state index contributed by atoms with van der Waals surface area (Å²) in [5.74, 6) is 1.91. The van der Waals surface area contributed by atoms with Gasteiger partial charge in [0.25, 0.3) is 0 Å². The minimum absolute atomic E-state index is 0.333. The molecule has 0 fully saturated rings. The number of carbonyl (C=O) groups is 1. The summed E-state index contributed by atoms with van der Waals surface area (Å²) < 4.78 is 10.7. The molecule has 0 aromatic heterocycles. The molecule has 2 aromatic carbocycles. The molecule has 2 N–H and O–H groups in total. The van der Waals surface area contributed by atoms with Crippen molar-refractivity contribution in [3.05, 3.63) is 60.2 Å². The van der Waals surface area contributed by atoms with Crippen LogP contribution in [0.1, 0.15) is 10.8 Å². The van der Waals surface area contributed by atoms with Gasteiger partial charge in [0, 0.05) is 5.75 Å². The van der Waals surface area contributed by atoms with Gasteiger partial charge in [-0.2, -0.15) is 0 Å². The maximum Gasteiger partial charge on any atom is 0.235 e. The first-order valence-corrected chi connectivity index (χ1v) is 7.98. The molecule has 2 aromatic rings. The van der Waals surface area contributed by atoms with Crippen LogP contribution in [0, 0.1) is 0 Å². The van der Waals surface area contributed by atoms with Gasteiger partial charge in [-0.05, 0) is 29.8 Å². The first-order chi connectivity index (χ1) is 10.7. The number of nitrogens with two attached hydrogens (primary N) is 1. The smallest absolute Gasteiger partial charge is 0.235 e. The molecule has 1 atom stereocenters. The van der Waals surface area contributed by atoms with Crippen LogP contribution in [-0.2, 0) is 4.79 Å². The molecule has 4 nitrogen and oxygen atoms in total. The van der Waals surface area contributed by atoms with Crippen LogP contribution in [0.2, 0.25) is 0 Å². The van der Waals surface area contributed by atoms with E-state index in [-0.39, 0.29) is 11.2 Å².